The van der Waals surface area contributed by atoms with E-state index < -0.39 is 0 Å². The fourth-order valence-corrected chi connectivity index (χ4v) is 6.14. The Bertz CT molecular complexity index is 1620. The van der Waals surface area contributed by atoms with Crippen LogP contribution in [0.4, 0.5) is 0 Å². The van der Waals surface area contributed by atoms with Crippen molar-refractivity contribution in [1.29, 1.82) is 0 Å². The summed E-state index contributed by atoms with van der Waals surface area (Å²) in [6.07, 6.45) is 5.77. The number of aliphatic hydroxyl groups excluding tert-OH is 1. The van der Waals surface area contributed by atoms with Gasteiger partial charge in [-0.05, 0) is 142 Å². The van der Waals surface area contributed by atoms with Crippen molar-refractivity contribution >= 4 is 131 Å². The third-order valence-corrected chi connectivity index (χ3v) is 7.57. The molecule has 0 amide bonds. The number of aliphatic hydroxyl groups is 1. The van der Waals surface area contributed by atoms with Gasteiger partial charge in [-0.2, -0.15) is 0 Å². The molecular formula is C37H54AlCl2I2LiN2O7. The summed E-state index contributed by atoms with van der Waals surface area (Å²) in [4.78, 5) is 19.9. The number of carbonyl (C=O) groups is 1. The van der Waals surface area contributed by atoms with Crippen LogP contribution in [-0.2, 0) is 20.8 Å². The Morgan fingerprint density at radius 2 is 1.21 bits per heavy atom. The normalized spacial score (nSPS) is 12.0. The van der Waals surface area contributed by atoms with Crippen LogP contribution in [0.15, 0.2) is 48.8 Å². The van der Waals surface area contributed by atoms with E-state index in [1.165, 1.54) is 20.0 Å². The van der Waals surface area contributed by atoms with Gasteiger partial charge in [0.15, 0.2) is 16.3 Å². The van der Waals surface area contributed by atoms with E-state index in [0.29, 0.717) is 19.9 Å². The summed E-state index contributed by atoms with van der Waals surface area (Å²) in [5, 5.41) is 12.0. The van der Waals surface area contributed by atoms with Gasteiger partial charge in [0.25, 0.3) is 0 Å². The van der Waals surface area contributed by atoms with Crippen LogP contribution in [0.1, 0.15) is 91.1 Å². The zero-order chi connectivity index (χ0) is 37.6. The molecule has 0 saturated carbocycles. The molecule has 0 unspecified atom stereocenters. The molecule has 0 aliphatic carbocycles. The van der Waals surface area contributed by atoms with Crippen molar-refractivity contribution in [2.45, 2.75) is 97.2 Å². The van der Waals surface area contributed by atoms with Crippen LogP contribution in [0.25, 0.3) is 21.8 Å². The number of halogens is 4. The number of methoxy groups -OCH3 is 1. The maximum atomic E-state index is 11.4. The number of ether oxygens (including phenoxy) is 3. The van der Waals surface area contributed by atoms with Crippen molar-refractivity contribution in [1.82, 2.24) is 9.97 Å². The maximum absolute atomic E-state index is 11.4. The van der Waals surface area contributed by atoms with E-state index in [2.05, 4.69) is 122 Å². The van der Waals surface area contributed by atoms with Crippen LogP contribution in [0.2, 0.25) is 14.3 Å². The Labute approximate surface area is 367 Å². The molecule has 1 aliphatic rings. The van der Waals surface area contributed by atoms with Gasteiger partial charge in [-0.1, -0.05) is 48.3 Å². The quantitative estimate of drug-likeness (QED) is 0.120. The SMILES string of the molecule is C1CCOC1.CC(C)(C)OC(C)(C)C.COC(=O)c1cc(I)c2ncc(Cl)cc2c1.C[C](C)(C)[AlH].O.O.OCc1cc(I)c2ncc(Cl)cc2c1.[Li]. The van der Waals surface area contributed by atoms with Gasteiger partial charge >= 0.3 is 5.97 Å². The number of rotatable bonds is 2. The molecule has 2 aromatic heterocycles. The molecule has 0 atom stereocenters. The Morgan fingerprint density at radius 3 is 1.54 bits per heavy atom. The van der Waals surface area contributed by atoms with Crippen LogP contribution < -0.4 is 0 Å². The molecule has 1 saturated heterocycles. The molecule has 1 fully saturated rings. The first-order chi connectivity index (χ1) is 22.5. The topological polar surface area (TPSA) is 154 Å². The number of hydrogen-bond donors (Lipinski definition) is 1. The van der Waals surface area contributed by atoms with E-state index in [9.17, 15) is 4.79 Å². The fraction of sp³-hybridized carbons (Fsp3) is 0.486. The zero-order valence-electron chi connectivity index (χ0n) is 32.3. The van der Waals surface area contributed by atoms with Crippen LogP contribution in [-0.4, -0.2) is 98.7 Å². The van der Waals surface area contributed by atoms with Gasteiger partial charge in [-0.15, -0.1) is 0 Å². The summed E-state index contributed by atoms with van der Waals surface area (Å²) >= 11 is 18.0. The van der Waals surface area contributed by atoms with Gasteiger partial charge in [0.2, 0.25) is 0 Å². The predicted molar refractivity (Wildman–Crippen MR) is 237 cm³/mol. The minimum absolute atomic E-state index is 0. The van der Waals surface area contributed by atoms with Gasteiger partial charge in [-0.25, -0.2) is 4.79 Å². The first kappa shape index (κ1) is 56.0. The molecule has 2 aromatic carbocycles. The molecule has 0 spiro atoms. The Morgan fingerprint density at radius 1 is 0.808 bits per heavy atom. The summed E-state index contributed by atoms with van der Waals surface area (Å²) in [6, 6.07) is 10.9. The summed E-state index contributed by atoms with van der Waals surface area (Å²) < 4.78 is 17.7. The Kier molecular flexibility index (Phi) is 28.6. The predicted octanol–water partition coefficient (Wildman–Crippen LogP) is 8.74. The van der Waals surface area contributed by atoms with Gasteiger partial charge in [-0.3, -0.25) is 9.97 Å². The molecule has 15 heteroatoms. The van der Waals surface area contributed by atoms with Gasteiger partial charge in [0.1, 0.15) is 0 Å². The smallest absolute Gasteiger partial charge is 0.337 e. The summed E-state index contributed by atoms with van der Waals surface area (Å²) in [6.45, 7) is 21.0. The Balaban J connectivity index is -0.000000610. The van der Waals surface area contributed by atoms with E-state index in [-0.39, 0.29) is 53.6 Å². The third kappa shape index (κ3) is 25.0. The largest absolute Gasteiger partial charge is 0.465 e. The van der Waals surface area contributed by atoms with Crippen LogP contribution in [0.3, 0.4) is 0 Å². The number of fused-ring (bicyclic) bond motifs is 2. The molecule has 3 heterocycles. The average molecular weight is 997 g/mol. The van der Waals surface area contributed by atoms with E-state index in [0.717, 1.165) is 47.7 Å². The molecule has 9 nitrogen and oxygen atoms in total. The van der Waals surface area contributed by atoms with E-state index in [1.807, 2.05) is 34.5 Å². The maximum Gasteiger partial charge on any atom is 0.337 e. The first-order valence-corrected chi connectivity index (χ1v) is 19.5. The van der Waals surface area contributed by atoms with Gasteiger partial charge in [0, 0.05) is 62.4 Å². The number of esters is 1. The molecule has 4 aromatic rings. The third-order valence-electron chi connectivity index (χ3n) is 5.51. The number of pyridine rings is 2. The van der Waals surface area contributed by atoms with E-state index in [1.54, 1.807) is 30.6 Å². The second-order valence-electron chi connectivity index (χ2n) is 14.3. The molecule has 2 radical (unpaired) electrons. The van der Waals surface area contributed by atoms with Crippen LogP contribution in [0, 0.1) is 7.14 Å². The summed E-state index contributed by atoms with van der Waals surface area (Å²) in [5.41, 5.74) is 3.11. The van der Waals surface area contributed by atoms with Crippen molar-refractivity contribution in [2.75, 3.05) is 20.3 Å². The number of benzene rings is 2. The van der Waals surface area contributed by atoms with Crippen LogP contribution in [0.5, 0.6) is 0 Å². The molecule has 286 valence electrons. The summed E-state index contributed by atoms with van der Waals surface area (Å²) in [5.74, 6) is -0.361. The molecule has 5 rings (SSSR count). The molecule has 1 aliphatic heterocycles. The first-order valence-electron chi connectivity index (χ1n) is 15.8. The van der Waals surface area contributed by atoms with Crippen LogP contribution >= 0.6 is 68.4 Å². The molecule has 0 bridgehead atoms. The minimum Gasteiger partial charge on any atom is -0.465 e. The molecule has 52 heavy (non-hydrogen) atoms. The summed E-state index contributed by atoms with van der Waals surface area (Å²) in [7, 11) is 1.36. The second-order valence-corrected chi connectivity index (χ2v) is 19.7. The van der Waals surface area contributed by atoms with Crippen molar-refractivity contribution in [3.8, 4) is 0 Å². The molecular weight excluding hydrogens is 943 g/mol. The number of hydrogen-bond acceptors (Lipinski definition) is 7. The minimum atomic E-state index is -0.361. The van der Waals surface area contributed by atoms with Gasteiger partial charge in [0.05, 0.1) is 51.6 Å². The standard InChI is InChI=1S/C11H7ClINO2.C10H7ClINO.C8H18O.C4H8O.C4H9.Al.Li.2H2O.H/c1-16-11(15)7-2-6-3-8(12)5-14-10(6)9(13)4-7;11-8-3-7-1-6(5-14)2-9(12)10(7)13-4-8;1-7(2,3)9-8(4,5)6;1-2-4-5-3-1;1-4(2)3;;;;;/h2-5H,1H3;1-4,14H,5H2;1-6H3;1-4H2;1-3H3;;;2*1H2;. The van der Waals surface area contributed by atoms with Crippen molar-refractivity contribution in [3.63, 3.8) is 0 Å². The van der Waals surface area contributed by atoms with Crippen molar-refractivity contribution < 1.29 is 35.1 Å². The number of aromatic nitrogens is 2. The second kappa shape index (κ2) is 26.5. The van der Waals surface area contributed by atoms with E-state index in [4.69, 9.17) is 37.8 Å². The monoisotopic (exact) mass is 996 g/mol. The van der Waals surface area contributed by atoms with E-state index >= 15 is 0 Å². The average Bonchev–Trinajstić information content (AvgIpc) is 3.54. The fourth-order valence-electron chi connectivity index (χ4n) is 4.17. The zero-order valence-corrected chi connectivity index (χ0v) is 39.6. The Hall–Kier alpha value is -0.300. The van der Waals surface area contributed by atoms with Crippen molar-refractivity contribution in [2.24, 2.45) is 0 Å². The van der Waals surface area contributed by atoms with Gasteiger partial charge < -0.3 is 30.3 Å². The molecule has 5 N–H and O–H groups in total. The van der Waals surface area contributed by atoms with Crippen molar-refractivity contribution in [3.05, 3.63) is 77.1 Å². The number of nitrogens with zero attached hydrogens (tertiary/aromatic N) is 2. The number of carbonyl (C=O) groups excluding carboxylic acids is 1.